The summed E-state index contributed by atoms with van der Waals surface area (Å²) in [5.74, 6) is 3.10. The number of ether oxygens (including phenoxy) is 6. The van der Waals surface area contributed by atoms with Gasteiger partial charge in [-0.05, 0) is 42.8 Å². The third-order valence-corrected chi connectivity index (χ3v) is 4.02. The largest absolute Gasteiger partial charge is 0.493 e. The Labute approximate surface area is 182 Å². The van der Waals surface area contributed by atoms with Gasteiger partial charge in [0.1, 0.15) is 6.29 Å². The number of hydrogen-bond donors (Lipinski definition) is 0. The molecule has 0 aliphatic rings. The van der Waals surface area contributed by atoms with Crippen LogP contribution in [-0.2, 0) is 4.79 Å². The molecule has 0 atom stereocenters. The van der Waals surface area contributed by atoms with Gasteiger partial charge >= 0.3 is 0 Å². The number of ketones is 1. The number of methoxy groups -OCH3 is 6. The number of benzene rings is 2. The first kappa shape index (κ1) is 25.4. The summed E-state index contributed by atoms with van der Waals surface area (Å²) >= 11 is 0. The molecule has 0 aliphatic heterocycles. The number of carbonyl (C=O) groups excluding carboxylic acids is 2. The summed E-state index contributed by atoms with van der Waals surface area (Å²) in [5, 5.41) is 0. The maximum atomic E-state index is 10.9. The van der Waals surface area contributed by atoms with Crippen LogP contribution < -0.4 is 28.4 Å². The van der Waals surface area contributed by atoms with E-state index in [0.717, 1.165) is 11.8 Å². The van der Waals surface area contributed by atoms with Crippen LogP contribution >= 0.6 is 0 Å². The van der Waals surface area contributed by atoms with E-state index >= 15 is 0 Å². The van der Waals surface area contributed by atoms with Crippen molar-refractivity contribution >= 4 is 18.1 Å². The van der Waals surface area contributed by atoms with Crippen molar-refractivity contribution in [1.82, 2.24) is 0 Å². The maximum Gasteiger partial charge on any atom is 0.203 e. The number of hydrogen-bond acceptors (Lipinski definition) is 8. The minimum atomic E-state index is -0.0150. The second kappa shape index (κ2) is 12.8. The van der Waals surface area contributed by atoms with Gasteiger partial charge in [-0.25, -0.2) is 0 Å². The zero-order chi connectivity index (χ0) is 23.4. The zero-order valence-electron chi connectivity index (χ0n) is 18.8. The van der Waals surface area contributed by atoms with Gasteiger partial charge in [-0.2, -0.15) is 0 Å². The fourth-order valence-corrected chi connectivity index (χ4v) is 2.58. The van der Waals surface area contributed by atoms with E-state index in [4.69, 9.17) is 28.4 Å². The molecule has 0 aliphatic carbocycles. The summed E-state index contributed by atoms with van der Waals surface area (Å²) in [7, 11) is 9.18. The van der Waals surface area contributed by atoms with Crippen LogP contribution in [0.2, 0.25) is 0 Å². The first-order chi connectivity index (χ1) is 14.9. The van der Waals surface area contributed by atoms with Crippen molar-refractivity contribution in [2.75, 3.05) is 42.7 Å². The summed E-state index contributed by atoms with van der Waals surface area (Å²) in [6, 6.07) is 6.74. The van der Waals surface area contributed by atoms with Gasteiger partial charge in [-0.3, -0.25) is 9.59 Å². The second-order valence-corrected chi connectivity index (χ2v) is 5.98. The molecule has 0 amide bonds. The topological polar surface area (TPSA) is 89.5 Å². The van der Waals surface area contributed by atoms with Crippen molar-refractivity contribution in [2.24, 2.45) is 0 Å². The molecule has 0 aromatic heterocycles. The van der Waals surface area contributed by atoms with Crippen LogP contribution in [0.15, 0.2) is 30.3 Å². The molecular weight excluding hydrogens is 404 g/mol. The Balaban J connectivity index is 0.000000316. The van der Waals surface area contributed by atoms with Crippen LogP contribution in [-0.4, -0.2) is 54.7 Å². The lowest BCUT2D eigenvalue weighted by Crippen LogP contribution is -1.96. The van der Waals surface area contributed by atoms with E-state index in [1.807, 2.05) is 0 Å². The van der Waals surface area contributed by atoms with Crippen LogP contribution in [0.1, 0.15) is 22.8 Å². The molecule has 0 bridgehead atoms. The van der Waals surface area contributed by atoms with E-state index in [0.29, 0.717) is 40.1 Å². The van der Waals surface area contributed by atoms with Gasteiger partial charge in [0.2, 0.25) is 11.5 Å². The number of carbonyl (C=O) groups is 2. The predicted octanol–water partition coefficient (Wildman–Crippen LogP) is 3.84. The lowest BCUT2D eigenvalue weighted by molar-refractivity contribution is -0.112. The SMILES string of the molecule is COc1cc(C=CC(C)=O)cc(OC)c1OC.COc1cc(C=O)cc(OC)c1OC. The standard InChI is InChI=1S/C13H16O4.C10H12O4/c1-9(14)5-6-10-7-11(15-2)13(17-4)12(8-10)16-3;1-12-8-4-7(6-11)5-9(13-2)10(8)14-3/h5-8H,1-4H3;4-6H,1-3H3. The quantitative estimate of drug-likeness (QED) is 0.436. The molecule has 2 rings (SSSR count). The molecule has 0 fully saturated rings. The van der Waals surface area contributed by atoms with E-state index in [1.165, 1.54) is 34.3 Å². The lowest BCUT2D eigenvalue weighted by atomic mass is 10.1. The molecule has 0 saturated carbocycles. The molecule has 168 valence electrons. The minimum Gasteiger partial charge on any atom is -0.493 e. The Morgan fingerprint density at radius 1 is 0.645 bits per heavy atom. The Hall–Kier alpha value is -3.68. The van der Waals surface area contributed by atoms with E-state index in [9.17, 15) is 9.59 Å². The average Bonchev–Trinajstić information content (AvgIpc) is 2.80. The maximum absolute atomic E-state index is 10.9. The lowest BCUT2D eigenvalue weighted by Gasteiger charge is -2.12. The Kier molecular flexibility index (Phi) is 10.5. The summed E-state index contributed by atoms with van der Waals surface area (Å²) in [6.45, 7) is 1.49. The fourth-order valence-electron chi connectivity index (χ4n) is 2.58. The Bertz CT molecular complexity index is 868. The van der Waals surface area contributed by atoms with Crippen LogP contribution in [0, 0.1) is 0 Å². The van der Waals surface area contributed by atoms with Gasteiger partial charge in [0.25, 0.3) is 0 Å². The molecule has 2 aromatic carbocycles. The van der Waals surface area contributed by atoms with Crippen molar-refractivity contribution < 1.29 is 38.0 Å². The summed E-state index contributed by atoms with van der Waals surface area (Å²) < 4.78 is 30.8. The third-order valence-electron chi connectivity index (χ3n) is 4.02. The van der Waals surface area contributed by atoms with Gasteiger partial charge in [0, 0.05) is 5.56 Å². The van der Waals surface area contributed by atoms with Crippen LogP contribution in [0.25, 0.3) is 6.08 Å². The van der Waals surface area contributed by atoms with Crippen molar-refractivity contribution in [1.29, 1.82) is 0 Å². The smallest absolute Gasteiger partial charge is 0.203 e. The van der Waals surface area contributed by atoms with Gasteiger partial charge in [0.15, 0.2) is 28.8 Å². The second-order valence-electron chi connectivity index (χ2n) is 5.98. The molecule has 0 N–H and O–H groups in total. The van der Waals surface area contributed by atoms with Crippen molar-refractivity contribution in [2.45, 2.75) is 6.92 Å². The monoisotopic (exact) mass is 432 g/mol. The average molecular weight is 432 g/mol. The highest BCUT2D eigenvalue weighted by molar-refractivity contribution is 5.91. The highest BCUT2D eigenvalue weighted by Crippen LogP contribution is 2.39. The van der Waals surface area contributed by atoms with Gasteiger partial charge in [-0.15, -0.1) is 0 Å². The highest BCUT2D eigenvalue weighted by Gasteiger charge is 2.13. The normalized spacial score (nSPS) is 9.90. The first-order valence-electron chi connectivity index (χ1n) is 9.12. The van der Waals surface area contributed by atoms with Crippen LogP contribution in [0.3, 0.4) is 0 Å². The molecule has 8 nitrogen and oxygen atoms in total. The molecular formula is C23H28O8. The van der Waals surface area contributed by atoms with Gasteiger partial charge < -0.3 is 28.4 Å². The van der Waals surface area contributed by atoms with Gasteiger partial charge in [0.05, 0.1) is 42.7 Å². The minimum absolute atomic E-state index is 0.0150. The molecule has 0 heterocycles. The fraction of sp³-hybridized carbons (Fsp3) is 0.304. The molecule has 0 saturated heterocycles. The highest BCUT2D eigenvalue weighted by atomic mass is 16.5. The van der Waals surface area contributed by atoms with Crippen molar-refractivity contribution in [3.8, 4) is 34.5 Å². The van der Waals surface area contributed by atoms with Crippen LogP contribution in [0.4, 0.5) is 0 Å². The number of aldehydes is 1. The summed E-state index contributed by atoms with van der Waals surface area (Å²) in [6.07, 6.45) is 3.91. The zero-order valence-corrected chi connectivity index (χ0v) is 18.8. The number of allylic oxidation sites excluding steroid dienone is 1. The molecule has 2 aromatic rings. The molecule has 0 spiro atoms. The number of rotatable bonds is 9. The van der Waals surface area contributed by atoms with E-state index < -0.39 is 0 Å². The molecule has 31 heavy (non-hydrogen) atoms. The Morgan fingerprint density at radius 2 is 1.00 bits per heavy atom. The third kappa shape index (κ3) is 6.95. The predicted molar refractivity (Wildman–Crippen MR) is 117 cm³/mol. The van der Waals surface area contributed by atoms with E-state index in [2.05, 4.69) is 0 Å². The molecule has 8 heteroatoms. The van der Waals surface area contributed by atoms with E-state index in [-0.39, 0.29) is 5.78 Å². The van der Waals surface area contributed by atoms with E-state index in [1.54, 1.807) is 51.7 Å². The summed E-state index contributed by atoms with van der Waals surface area (Å²) in [5.41, 5.74) is 1.30. The summed E-state index contributed by atoms with van der Waals surface area (Å²) in [4.78, 5) is 21.5. The van der Waals surface area contributed by atoms with Crippen molar-refractivity contribution in [3.63, 3.8) is 0 Å². The van der Waals surface area contributed by atoms with Crippen molar-refractivity contribution in [3.05, 3.63) is 41.5 Å². The first-order valence-corrected chi connectivity index (χ1v) is 9.12. The molecule has 0 unspecified atom stereocenters. The van der Waals surface area contributed by atoms with Crippen LogP contribution in [0.5, 0.6) is 34.5 Å². The molecule has 0 radical (unpaired) electrons. The van der Waals surface area contributed by atoms with Gasteiger partial charge in [-0.1, -0.05) is 6.08 Å². The Morgan fingerprint density at radius 3 is 1.26 bits per heavy atom.